The van der Waals surface area contributed by atoms with Crippen LogP contribution < -0.4 is 10.1 Å². The minimum absolute atomic E-state index is 0.295. The third-order valence-electron chi connectivity index (χ3n) is 4.29. The Balaban J connectivity index is 1.96. The minimum atomic E-state index is 0.295. The van der Waals surface area contributed by atoms with Crippen LogP contribution in [-0.2, 0) is 4.74 Å². The van der Waals surface area contributed by atoms with E-state index < -0.39 is 0 Å². The van der Waals surface area contributed by atoms with Gasteiger partial charge in [0.05, 0.1) is 13.2 Å². The molecular formula is C17H27NO2. The number of nitrogens with one attached hydrogen (secondary N) is 1. The molecule has 0 amide bonds. The molecular weight excluding hydrogens is 250 g/mol. The fraction of sp³-hybridized carbons (Fsp3) is 0.647. The van der Waals surface area contributed by atoms with Gasteiger partial charge in [0.1, 0.15) is 5.75 Å². The van der Waals surface area contributed by atoms with Crippen molar-refractivity contribution in [1.82, 2.24) is 5.32 Å². The van der Waals surface area contributed by atoms with Gasteiger partial charge in [0, 0.05) is 24.8 Å². The number of hydrogen-bond acceptors (Lipinski definition) is 3. The van der Waals surface area contributed by atoms with Crippen molar-refractivity contribution in [2.24, 2.45) is 5.92 Å². The quantitative estimate of drug-likeness (QED) is 0.863. The maximum absolute atomic E-state index is 5.75. The average Bonchev–Trinajstić information content (AvgIpc) is 2.92. The average molecular weight is 277 g/mol. The summed E-state index contributed by atoms with van der Waals surface area (Å²) in [5, 5.41) is 3.64. The second-order valence-corrected chi connectivity index (χ2v) is 5.74. The number of ether oxygens (including phenoxy) is 2. The Bertz CT molecular complexity index is 433. The van der Waals surface area contributed by atoms with Crippen LogP contribution >= 0.6 is 0 Å². The van der Waals surface area contributed by atoms with E-state index in [4.69, 9.17) is 9.47 Å². The molecule has 0 spiro atoms. The molecule has 112 valence electrons. The highest BCUT2D eigenvalue weighted by atomic mass is 16.5. The van der Waals surface area contributed by atoms with Crippen LogP contribution in [0.25, 0.3) is 0 Å². The normalized spacial score (nSPS) is 23.8. The predicted octanol–water partition coefficient (Wildman–Crippen LogP) is 3.47. The van der Waals surface area contributed by atoms with Crippen molar-refractivity contribution in [3.05, 3.63) is 29.3 Å². The first kappa shape index (κ1) is 15.3. The van der Waals surface area contributed by atoms with Crippen molar-refractivity contribution >= 4 is 0 Å². The summed E-state index contributed by atoms with van der Waals surface area (Å²) in [5.74, 6) is 1.61. The minimum Gasteiger partial charge on any atom is -0.496 e. The highest BCUT2D eigenvalue weighted by Gasteiger charge is 2.26. The molecule has 2 rings (SSSR count). The number of aryl methyl sites for hydroxylation is 1. The summed E-state index contributed by atoms with van der Waals surface area (Å²) >= 11 is 0. The van der Waals surface area contributed by atoms with Gasteiger partial charge in [-0.2, -0.15) is 0 Å². The maximum atomic E-state index is 5.75. The lowest BCUT2D eigenvalue weighted by Crippen LogP contribution is -2.30. The van der Waals surface area contributed by atoms with E-state index in [1.165, 1.54) is 17.5 Å². The second-order valence-electron chi connectivity index (χ2n) is 5.74. The van der Waals surface area contributed by atoms with Crippen molar-refractivity contribution < 1.29 is 9.47 Å². The lowest BCUT2D eigenvalue weighted by Gasteiger charge is -2.22. The van der Waals surface area contributed by atoms with E-state index in [2.05, 4.69) is 44.3 Å². The standard InChI is InChI=1S/C17H27NO2/c1-5-16-14(8-9-20-16)11-18-13(3)15-7-6-12(2)10-17(15)19-4/h6-7,10,13-14,16,18H,5,8-9,11H2,1-4H3. The van der Waals surface area contributed by atoms with Crippen LogP contribution in [0.3, 0.4) is 0 Å². The Hall–Kier alpha value is -1.06. The van der Waals surface area contributed by atoms with Gasteiger partial charge in [-0.05, 0) is 44.2 Å². The van der Waals surface area contributed by atoms with E-state index in [0.717, 1.165) is 25.3 Å². The molecule has 0 aromatic heterocycles. The highest BCUT2D eigenvalue weighted by Crippen LogP contribution is 2.28. The van der Waals surface area contributed by atoms with E-state index in [1.54, 1.807) is 7.11 Å². The van der Waals surface area contributed by atoms with Crippen LogP contribution in [-0.4, -0.2) is 26.4 Å². The summed E-state index contributed by atoms with van der Waals surface area (Å²) in [4.78, 5) is 0. The Labute approximate surface area is 122 Å². The zero-order valence-electron chi connectivity index (χ0n) is 13.1. The smallest absolute Gasteiger partial charge is 0.123 e. The van der Waals surface area contributed by atoms with Crippen molar-refractivity contribution in [3.8, 4) is 5.75 Å². The Kier molecular flexibility index (Phi) is 5.44. The first-order chi connectivity index (χ1) is 9.65. The van der Waals surface area contributed by atoms with Crippen LogP contribution in [0.2, 0.25) is 0 Å². The molecule has 1 N–H and O–H groups in total. The Morgan fingerprint density at radius 1 is 1.45 bits per heavy atom. The van der Waals surface area contributed by atoms with Crippen LogP contribution in [0, 0.1) is 12.8 Å². The summed E-state index contributed by atoms with van der Waals surface area (Å²) in [5.41, 5.74) is 2.46. The summed E-state index contributed by atoms with van der Waals surface area (Å²) < 4.78 is 11.2. The molecule has 1 aliphatic heterocycles. The second kappa shape index (κ2) is 7.09. The first-order valence-electron chi connectivity index (χ1n) is 7.65. The van der Waals surface area contributed by atoms with Crippen molar-refractivity contribution in [3.63, 3.8) is 0 Å². The number of benzene rings is 1. The van der Waals surface area contributed by atoms with Crippen LogP contribution in [0.5, 0.6) is 5.75 Å². The molecule has 0 saturated carbocycles. The lowest BCUT2D eigenvalue weighted by molar-refractivity contribution is 0.0867. The molecule has 1 aliphatic rings. The van der Waals surface area contributed by atoms with Gasteiger partial charge in [0.25, 0.3) is 0 Å². The van der Waals surface area contributed by atoms with Crippen LogP contribution in [0.4, 0.5) is 0 Å². The molecule has 3 nitrogen and oxygen atoms in total. The van der Waals surface area contributed by atoms with Gasteiger partial charge in [-0.25, -0.2) is 0 Å². The summed E-state index contributed by atoms with van der Waals surface area (Å²) in [6.45, 7) is 8.41. The van der Waals surface area contributed by atoms with E-state index in [1.807, 2.05) is 0 Å². The van der Waals surface area contributed by atoms with Crippen molar-refractivity contribution in [1.29, 1.82) is 0 Å². The van der Waals surface area contributed by atoms with Gasteiger partial charge >= 0.3 is 0 Å². The molecule has 1 aromatic carbocycles. The third-order valence-corrected chi connectivity index (χ3v) is 4.29. The maximum Gasteiger partial charge on any atom is 0.123 e. The first-order valence-corrected chi connectivity index (χ1v) is 7.65. The largest absolute Gasteiger partial charge is 0.496 e. The molecule has 0 radical (unpaired) electrons. The molecule has 3 atom stereocenters. The summed E-state index contributed by atoms with van der Waals surface area (Å²) in [6, 6.07) is 6.70. The lowest BCUT2D eigenvalue weighted by atomic mass is 9.98. The Morgan fingerprint density at radius 3 is 2.95 bits per heavy atom. The van der Waals surface area contributed by atoms with E-state index in [0.29, 0.717) is 18.1 Å². The molecule has 1 heterocycles. The summed E-state index contributed by atoms with van der Waals surface area (Å²) in [6.07, 6.45) is 2.70. The monoisotopic (exact) mass is 277 g/mol. The van der Waals surface area contributed by atoms with E-state index >= 15 is 0 Å². The van der Waals surface area contributed by atoms with Gasteiger partial charge in [0.15, 0.2) is 0 Å². The van der Waals surface area contributed by atoms with Gasteiger partial charge in [0.2, 0.25) is 0 Å². The molecule has 1 fully saturated rings. The summed E-state index contributed by atoms with van der Waals surface area (Å²) in [7, 11) is 1.74. The fourth-order valence-corrected chi connectivity index (χ4v) is 2.99. The zero-order chi connectivity index (χ0) is 14.5. The topological polar surface area (TPSA) is 30.5 Å². The van der Waals surface area contributed by atoms with Crippen molar-refractivity contribution in [2.75, 3.05) is 20.3 Å². The van der Waals surface area contributed by atoms with Crippen LogP contribution in [0.1, 0.15) is 43.9 Å². The molecule has 3 heteroatoms. The molecule has 20 heavy (non-hydrogen) atoms. The number of rotatable bonds is 6. The molecule has 3 unspecified atom stereocenters. The van der Waals surface area contributed by atoms with Crippen molar-refractivity contribution in [2.45, 2.75) is 45.8 Å². The number of methoxy groups -OCH3 is 1. The van der Waals surface area contributed by atoms with Gasteiger partial charge in [-0.15, -0.1) is 0 Å². The number of hydrogen-bond donors (Lipinski definition) is 1. The van der Waals surface area contributed by atoms with Gasteiger partial charge < -0.3 is 14.8 Å². The SMILES string of the molecule is CCC1OCCC1CNC(C)c1ccc(C)cc1OC. The Morgan fingerprint density at radius 2 is 2.25 bits per heavy atom. The molecule has 1 aromatic rings. The molecule has 1 saturated heterocycles. The third kappa shape index (κ3) is 3.53. The molecule has 0 aliphatic carbocycles. The predicted molar refractivity (Wildman–Crippen MR) is 82.3 cm³/mol. The van der Waals surface area contributed by atoms with Gasteiger partial charge in [-0.1, -0.05) is 19.1 Å². The van der Waals surface area contributed by atoms with Gasteiger partial charge in [-0.3, -0.25) is 0 Å². The molecule has 0 bridgehead atoms. The van der Waals surface area contributed by atoms with Crippen LogP contribution in [0.15, 0.2) is 18.2 Å². The van der Waals surface area contributed by atoms with E-state index in [9.17, 15) is 0 Å². The highest BCUT2D eigenvalue weighted by molar-refractivity contribution is 5.39. The van der Waals surface area contributed by atoms with E-state index in [-0.39, 0.29) is 0 Å². The fourth-order valence-electron chi connectivity index (χ4n) is 2.99. The zero-order valence-corrected chi connectivity index (χ0v) is 13.1.